The van der Waals surface area contributed by atoms with E-state index < -0.39 is 0 Å². The molecule has 0 unspecified atom stereocenters. The van der Waals surface area contributed by atoms with Gasteiger partial charge in [0.15, 0.2) is 0 Å². The Labute approximate surface area is 132 Å². The number of allylic oxidation sites excluding steroid dienone is 1. The molecule has 4 rings (SSSR count). The van der Waals surface area contributed by atoms with Crippen LogP contribution < -0.4 is 4.90 Å². The second-order valence-electron chi connectivity index (χ2n) is 5.32. The number of rotatable bonds is 1. The Bertz CT molecular complexity index is 778. The Balaban J connectivity index is 1.97. The van der Waals surface area contributed by atoms with E-state index in [0.29, 0.717) is 5.03 Å². The molecule has 21 heavy (non-hydrogen) atoms. The number of halogens is 1. The first-order chi connectivity index (χ1) is 10.3. The van der Waals surface area contributed by atoms with Crippen LogP contribution in [-0.2, 0) is 0 Å². The van der Waals surface area contributed by atoms with Crippen molar-refractivity contribution in [2.75, 3.05) is 29.5 Å². The first-order valence-corrected chi connectivity index (χ1v) is 8.59. The fraction of sp³-hybridized carbons (Fsp3) is 0.235. The number of anilines is 1. The van der Waals surface area contributed by atoms with E-state index in [0.717, 1.165) is 46.5 Å². The first-order valence-electron chi connectivity index (χ1n) is 7.06. The number of benzene rings is 2. The summed E-state index contributed by atoms with van der Waals surface area (Å²) in [7, 11) is 0. The molecule has 106 valence electrons. The quantitative estimate of drug-likeness (QED) is 0.788. The average molecular weight is 316 g/mol. The highest BCUT2D eigenvalue weighted by atomic mass is 35.5. The molecule has 1 aliphatic carbocycles. The maximum Gasteiger partial charge on any atom is 0.205 e. The average Bonchev–Trinajstić information content (AvgIpc) is 2.53. The molecule has 2 aliphatic rings. The van der Waals surface area contributed by atoms with Crippen LogP contribution in [0.15, 0.2) is 35.4 Å². The number of carbonyl (C=O) groups is 1. The van der Waals surface area contributed by atoms with Crippen LogP contribution in [0.25, 0.3) is 16.8 Å². The maximum atomic E-state index is 12.3. The van der Waals surface area contributed by atoms with Crippen LogP contribution in [0, 0.1) is 0 Å². The van der Waals surface area contributed by atoms with E-state index in [4.69, 9.17) is 11.6 Å². The van der Waals surface area contributed by atoms with Crippen molar-refractivity contribution in [1.82, 2.24) is 0 Å². The van der Waals surface area contributed by atoms with Crippen LogP contribution in [0.2, 0.25) is 0 Å². The molecular weight excluding hydrogens is 302 g/mol. The van der Waals surface area contributed by atoms with Gasteiger partial charge in [0, 0.05) is 46.6 Å². The van der Waals surface area contributed by atoms with E-state index in [1.165, 1.54) is 5.69 Å². The van der Waals surface area contributed by atoms with E-state index in [-0.39, 0.29) is 5.78 Å². The number of thioether (sulfide) groups is 1. The lowest BCUT2D eigenvalue weighted by Gasteiger charge is -2.30. The lowest BCUT2D eigenvalue weighted by Crippen LogP contribution is -2.32. The van der Waals surface area contributed by atoms with Gasteiger partial charge in [-0.15, -0.1) is 0 Å². The molecule has 1 fully saturated rings. The van der Waals surface area contributed by atoms with Crippen LogP contribution in [-0.4, -0.2) is 30.4 Å². The summed E-state index contributed by atoms with van der Waals surface area (Å²) >= 11 is 8.07. The number of nitrogens with zero attached hydrogens (tertiary/aromatic N) is 1. The Kier molecular flexibility index (Phi) is 3.20. The number of Topliss-reactive ketones (excluding diaryl/α,β-unsaturated/α-hetero) is 1. The van der Waals surface area contributed by atoms with Crippen molar-refractivity contribution in [3.8, 4) is 0 Å². The van der Waals surface area contributed by atoms with Gasteiger partial charge in [0.05, 0.1) is 5.03 Å². The minimum atomic E-state index is -0.0684. The second kappa shape index (κ2) is 5.08. The summed E-state index contributed by atoms with van der Waals surface area (Å²) in [4.78, 5) is 14.7. The van der Waals surface area contributed by atoms with Gasteiger partial charge in [0.25, 0.3) is 0 Å². The Morgan fingerprint density at radius 2 is 1.90 bits per heavy atom. The van der Waals surface area contributed by atoms with Crippen LogP contribution in [0.1, 0.15) is 15.9 Å². The lowest BCUT2D eigenvalue weighted by molar-refractivity contribution is 0.104. The van der Waals surface area contributed by atoms with E-state index in [1.54, 1.807) is 6.08 Å². The van der Waals surface area contributed by atoms with Gasteiger partial charge in [0.1, 0.15) is 0 Å². The number of ketones is 1. The molecule has 1 saturated heterocycles. The predicted octanol–water partition coefficient (Wildman–Crippen LogP) is 4.17. The molecule has 0 aromatic heterocycles. The highest BCUT2D eigenvalue weighted by Gasteiger charge is 2.23. The van der Waals surface area contributed by atoms with E-state index in [1.807, 2.05) is 30.0 Å². The van der Waals surface area contributed by atoms with Gasteiger partial charge in [0.2, 0.25) is 5.78 Å². The Morgan fingerprint density at radius 1 is 1.10 bits per heavy atom. The van der Waals surface area contributed by atoms with Gasteiger partial charge in [-0.3, -0.25) is 4.79 Å². The molecule has 0 radical (unpaired) electrons. The molecule has 2 nitrogen and oxygen atoms in total. The Hall–Kier alpha value is -1.45. The maximum absolute atomic E-state index is 12.3. The third-order valence-corrected chi connectivity index (χ3v) is 5.37. The Morgan fingerprint density at radius 3 is 2.71 bits per heavy atom. The molecular formula is C17H14ClNOS. The van der Waals surface area contributed by atoms with Crippen molar-refractivity contribution in [3.63, 3.8) is 0 Å². The van der Waals surface area contributed by atoms with Gasteiger partial charge in [-0.05, 0) is 23.8 Å². The molecule has 0 atom stereocenters. The van der Waals surface area contributed by atoms with Crippen molar-refractivity contribution in [3.05, 3.63) is 46.5 Å². The van der Waals surface area contributed by atoms with Crippen molar-refractivity contribution in [2.24, 2.45) is 0 Å². The topological polar surface area (TPSA) is 20.3 Å². The largest absolute Gasteiger partial charge is 0.369 e. The zero-order chi connectivity index (χ0) is 14.4. The molecule has 1 aliphatic heterocycles. The predicted molar refractivity (Wildman–Crippen MR) is 91.6 cm³/mol. The molecule has 2 aromatic rings. The van der Waals surface area contributed by atoms with E-state index >= 15 is 0 Å². The van der Waals surface area contributed by atoms with Crippen LogP contribution in [0.3, 0.4) is 0 Å². The molecule has 0 spiro atoms. The van der Waals surface area contributed by atoms with Crippen molar-refractivity contribution >= 4 is 51.7 Å². The second-order valence-corrected chi connectivity index (χ2v) is 6.95. The minimum absolute atomic E-state index is 0.0684. The van der Waals surface area contributed by atoms with Crippen LogP contribution in [0.4, 0.5) is 5.69 Å². The molecule has 4 heteroatoms. The zero-order valence-corrected chi connectivity index (χ0v) is 13.0. The summed E-state index contributed by atoms with van der Waals surface area (Å²) in [6.45, 7) is 2.13. The monoisotopic (exact) mass is 315 g/mol. The van der Waals surface area contributed by atoms with Gasteiger partial charge in [-0.25, -0.2) is 0 Å². The number of carbonyl (C=O) groups excluding carboxylic acids is 1. The minimum Gasteiger partial charge on any atom is -0.369 e. The molecule has 0 amide bonds. The fourth-order valence-electron chi connectivity index (χ4n) is 3.14. The number of hydrogen-bond donors (Lipinski definition) is 0. The van der Waals surface area contributed by atoms with Crippen LogP contribution in [0.5, 0.6) is 0 Å². The van der Waals surface area contributed by atoms with Gasteiger partial charge in [-0.2, -0.15) is 11.8 Å². The summed E-state index contributed by atoms with van der Waals surface area (Å²) in [5.74, 6) is 2.25. The van der Waals surface area contributed by atoms with Gasteiger partial charge < -0.3 is 4.90 Å². The lowest BCUT2D eigenvalue weighted by atomic mass is 9.91. The summed E-state index contributed by atoms with van der Waals surface area (Å²) < 4.78 is 0. The normalized spacial score (nSPS) is 18.0. The van der Waals surface area contributed by atoms with E-state index in [9.17, 15) is 4.79 Å². The third-order valence-electron chi connectivity index (χ3n) is 4.15. The summed E-state index contributed by atoms with van der Waals surface area (Å²) in [6, 6.07) is 10.2. The standard InChI is InChI=1S/C17H14ClNOS/c18-14-10-11-2-1-3-12-15(19-6-8-21-9-7-19)5-4-13(16(11)12)17(14)20/h1-5,10H,6-9H2. The summed E-state index contributed by atoms with van der Waals surface area (Å²) in [5.41, 5.74) is 3.00. The molecule has 0 N–H and O–H groups in total. The highest BCUT2D eigenvalue weighted by molar-refractivity contribution is 7.99. The summed E-state index contributed by atoms with van der Waals surface area (Å²) in [6.07, 6.45) is 1.79. The zero-order valence-electron chi connectivity index (χ0n) is 11.4. The van der Waals surface area contributed by atoms with Gasteiger partial charge in [-0.1, -0.05) is 29.8 Å². The van der Waals surface area contributed by atoms with Crippen LogP contribution >= 0.6 is 23.4 Å². The molecule has 0 saturated carbocycles. The fourth-order valence-corrected chi connectivity index (χ4v) is 4.26. The third kappa shape index (κ3) is 2.07. The molecule has 0 bridgehead atoms. The SMILES string of the molecule is O=C1C(Cl)=Cc2cccc3c(N4CCSCC4)ccc1c23. The van der Waals surface area contributed by atoms with Gasteiger partial charge >= 0.3 is 0 Å². The summed E-state index contributed by atoms with van der Waals surface area (Å²) in [5, 5.41) is 2.51. The van der Waals surface area contributed by atoms with Crippen molar-refractivity contribution in [2.45, 2.75) is 0 Å². The number of hydrogen-bond acceptors (Lipinski definition) is 3. The highest BCUT2D eigenvalue weighted by Crippen LogP contribution is 2.37. The molecule has 2 aromatic carbocycles. The smallest absolute Gasteiger partial charge is 0.205 e. The molecule has 1 heterocycles. The van der Waals surface area contributed by atoms with E-state index in [2.05, 4.69) is 17.0 Å². The van der Waals surface area contributed by atoms with Crippen molar-refractivity contribution < 1.29 is 4.79 Å². The van der Waals surface area contributed by atoms with Crippen molar-refractivity contribution in [1.29, 1.82) is 0 Å². The first kappa shape index (κ1) is 13.2.